The number of benzene rings is 1. The summed E-state index contributed by atoms with van der Waals surface area (Å²) < 4.78 is 4.87. The number of carbonyl (C=O) groups excluding carboxylic acids is 1. The number of hydrogen-bond acceptors (Lipinski definition) is 4. The number of phenolic OH excluding ortho intramolecular Hbond substituents is 1. The van der Waals surface area contributed by atoms with Crippen molar-refractivity contribution in [1.82, 2.24) is 10.2 Å². The molecule has 1 fully saturated rings. The van der Waals surface area contributed by atoms with Crippen molar-refractivity contribution in [1.29, 1.82) is 0 Å². The molecule has 1 aliphatic carbocycles. The molecule has 0 atom stereocenters. The van der Waals surface area contributed by atoms with E-state index in [1.165, 1.54) is 31.1 Å². The number of fused-ring (bicyclic) bond motifs is 1. The van der Waals surface area contributed by atoms with Gasteiger partial charge in [-0.2, -0.15) is 0 Å². The van der Waals surface area contributed by atoms with Crippen molar-refractivity contribution in [2.24, 2.45) is 10.9 Å². The minimum atomic E-state index is -0.113. The monoisotopic (exact) mass is 501 g/mol. The van der Waals surface area contributed by atoms with Gasteiger partial charge < -0.3 is 20.1 Å². The van der Waals surface area contributed by atoms with Crippen LogP contribution in [-0.4, -0.2) is 48.7 Å². The van der Waals surface area contributed by atoms with Crippen LogP contribution in [0.4, 0.5) is 0 Å². The maximum Gasteiger partial charge on any atom is 0.308 e. The van der Waals surface area contributed by atoms with Crippen LogP contribution in [0.15, 0.2) is 17.1 Å². The molecular weight excluding hydrogens is 469 g/mol. The number of esters is 1. The van der Waals surface area contributed by atoms with Crippen LogP contribution in [-0.2, 0) is 28.9 Å². The molecule has 1 saturated heterocycles. The second-order valence-corrected chi connectivity index (χ2v) is 7.36. The molecule has 0 unspecified atom stereocenters. The summed E-state index contributed by atoms with van der Waals surface area (Å²) in [6, 6.07) is 3.86. The first-order valence-corrected chi connectivity index (χ1v) is 10.1. The number of halogens is 1. The highest BCUT2D eigenvalue weighted by Gasteiger charge is 2.27. The molecule has 2 aliphatic rings. The van der Waals surface area contributed by atoms with E-state index in [2.05, 4.69) is 23.2 Å². The maximum absolute atomic E-state index is 11.7. The second-order valence-electron chi connectivity index (χ2n) is 7.36. The molecule has 0 aromatic heterocycles. The van der Waals surface area contributed by atoms with Crippen LogP contribution in [0.2, 0.25) is 0 Å². The number of methoxy groups -OCH3 is 1. The van der Waals surface area contributed by atoms with E-state index in [1.807, 2.05) is 6.07 Å². The Kier molecular flexibility index (Phi) is 8.85. The molecule has 2 N–H and O–H groups in total. The second kappa shape index (κ2) is 10.9. The van der Waals surface area contributed by atoms with Crippen LogP contribution in [0.25, 0.3) is 0 Å². The fourth-order valence-electron chi connectivity index (χ4n) is 4.14. The number of aromatic hydroxyl groups is 1. The molecule has 0 radical (unpaired) electrons. The van der Waals surface area contributed by atoms with E-state index in [0.29, 0.717) is 12.3 Å². The predicted molar refractivity (Wildman–Crippen MR) is 121 cm³/mol. The zero-order chi connectivity index (χ0) is 19.2. The minimum absolute atomic E-state index is 0. The number of likely N-dealkylation sites (tertiary alicyclic amines) is 1. The normalized spacial score (nSPS) is 17.5. The van der Waals surface area contributed by atoms with Gasteiger partial charge in [0.2, 0.25) is 0 Å². The van der Waals surface area contributed by atoms with E-state index in [9.17, 15) is 9.90 Å². The van der Waals surface area contributed by atoms with Gasteiger partial charge in [-0.25, -0.2) is 4.99 Å². The van der Waals surface area contributed by atoms with Crippen molar-refractivity contribution in [2.75, 3.05) is 26.7 Å². The quantitative estimate of drug-likeness (QED) is 0.287. The topological polar surface area (TPSA) is 74.2 Å². The summed E-state index contributed by atoms with van der Waals surface area (Å²) in [5.74, 6) is 1.07. The third-order valence-electron chi connectivity index (χ3n) is 5.68. The Morgan fingerprint density at radius 3 is 2.68 bits per heavy atom. The number of aliphatic imine (C=N–C) groups is 1. The fraction of sp³-hybridized carbons (Fsp3) is 0.619. The number of carbonyl (C=O) groups is 1. The highest BCUT2D eigenvalue weighted by atomic mass is 127. The average Bonchev–Trinajstić information content (AvgIpc) is 2.71. The van der Waals surface area contributed by atoms with E-state index < -0.39 is 0 Å². The fourth-order valence-corrected chi connectivity index (χ4v) is 4.14. The van der Waals surface area contributed by atoms with E-state index in [4.69, 9.17) is 9.73 Å². The molecule has 0 spiro atoms. The van der Waals surface area contributed by atoms with E-state index in [0.717, 1.165) is 56.8 Å². The van der Waals surface area contributed by atoms with Gasteiger partial charge in [0, 0.05) is 25.2 Å². The number of phenols is 1. The van der Waals surface area contributed by atoms with Gasteiger partial charge in [0.25, 0.3) is 0 Å². The Morgan fingerprint density at radius 2 is 2.00 bits per heavy atom. The highest BCUT2D eigenvalue weighted by molar-refractivity contribution is 14.0. The van der Waals surface area contributed by atoms with Crippen LogP contribution in [0, 0.1) is 5.92 Å². The molecule has 7 heteroatoms. The Bertz CT molecular complexity index is 700. The first kappa shape index (κ1) is 22.8. The molecule has 6 nitrogen and oxygen atoms in total. The van der Waals surface area contributed by atoms with E-state index >= 15 is 0 Å². The maximum atomic E-state index is 11.7. The number of nitrogens with one attached hydrogen (secondary N) is 1. The van der Waals surface area contributed by atoms with Gasteiger partial charge in [-0.1, -0.05) is 6.07 Å². The van der Waals surface area contributed by atoms with Gasteiger partial charge in [-0.3, -0.25) is 4.79 Å². The highest BCUT2D eigenvalue weighted by Crippen LogP contribution is 2.31. The Hall–Kier alpha value is -1.51. The van der Waals surface area contributed by atoms with Crippen molar-refractivity contribution in [3.8, 4) is 5.75 Å². The molecule has 1 aromatic rings. The molecule has 1 aromatic carbocycles. The Morgan fingerprint density at radius 1 is 1.29 bits per heavy atom. The van der Waals surface area contributed by atoms with Crippen LogP contribution in [0.5, 0.6) is 5.75 Å². The number of ether oxygens (including phenoxy) is 1. The smallest absolute Gasteiger partial charge is 0.308 e. The van der Waals surface area contributed by atoms with E-state index in [-0.39, 0.29) is 35.9 Å². The van der Waals surface area contributed by atoms with Gasteiger partial charge in [0.05, 0.1) is 19.6 Å². The molecule has 0 saturated carbocycles. The van der Waals surface area contributed by atoms with Gasteiger partial charge in [-0.05, 0) is 62.6 Å². The van der Waals surface area contributed by atoms with Gasteiger partial charge in [0.1, 0.15) is 5.75 Å². The van der Waals surface area contributed by atoms with Crippen molar-refractivity contribution < 1.29 is 14.6 Å². The molecule has 3 rings (SSSR count). The van der Waals surface area contributed by atoms with Crippen molar-refractivity contribution >= 4 is 35.9 Å². The summed E-state index contributed by atoms with van der Waals surface area (Å²) in [4.78, 5) is 18.8. The number of aryl methyl sites for hydroxylation is 1. The number of nitrogens with zero attached hydrogens (tertiary/aromatic N) is 2. The number of rotatable bonds is 4. The minimum Gasteiger partial charge on any atom is -0.508 e. The summed E-state index contributed by atoms with van der Waals surface area (Å²) in [5.41, 5.74) is 3.60. The molecule has 0 bridgehead atoms. The molecule has 1 aliphatic heterocycles. The molecule has 1 heterocycles. The Labute approximate surface area is 184 Å². The third-order valence-corrected chi connectivity index (χ3v) is 5.68. The van der Waals surface area contributed by atoms with E-state index in [1.54, 1.807) is 0 Å². The summed E-state index contributed by atoms with van der Waals surface area (Å²) in [5, 5.41) is 13.7. The van der Waals surface area contributed by atoms with Crippen LogP contribution < -0.4 is 5.32 Å². The average molecular weight is 501 g/mol. The van der Waals surface area contributed by atoms with Gasteiger partial charge in [-0.15, -0.1) is 24.0 Å². The summed E-state index contributed by atoms with van der Waals surface area (Å²) in [6.45, 7) is 4.89. The number of guanidine groups is 1. The standard InChI is InChI=1S/C21H31N3O3.HI/c1-3-22-21(24-12-10-16(11-13-24)20(26)27-2)23-14-18-17-7-5-4-6-15(17)8-9-19(18)25;/h8-9,16,25H,3-7,10-14H2,1-2H3,(H,22,23);1H. The Balaban J connectivity index is 0.00000280. The first-order chi connectivity index (χ1) is 13.1. The first-order valence-electron chi connectivity index (χ1n) is 10.1. The van der Waals surface area contributed by atoms with Crippen LogP contribution >= 0.6 is 24.0 Å². The molecular formula is C21H32IN3O3. The molecule has 156 valence electrons. The lowest BCUT2D eigenvalue weighted by atomic mass is 9.88. The largest absolute Gasteiger partial charge is 0.508 e. The SMILES string of the molecule is CCNC(=NCc1c(O)ccc2c1CCCC2)N1CCC(C(=O)OC)CC1.I. The lowest BCUT2D eigenvalue weighted by Crippen LogP contribution is -2.46. The molecule has 28 heavy (non-hydrogen) atoms. The third kappa shape index (κ3) is 5.30. The predicted octanol–water partition coefficient (Wildman–Crippen LogP) is 3.24. The summed E-state index contributed by atoms with van der Waals surface area (Å²) in [7, 11) is 1.45. The van der Waals surface area contributed by atoms with Crippen molar-refractivity contribution in [3.05, 3.63) is 28.8 Å². The lowest BCUT2D eigenvalue weighted by Gasteiger charge is -2.33. The van der Waals surface area contributed by atoms with Crippen LogP contribution in [0.1, 0.15) is 49.3 Å². The van der Waals surface area contributed by atoms with Crippen molar-refractivity contribution in [3.63, 3.8) is 0 Å². The number of piperidine rings is 1. The van der Waals surface area contributed by atoms with Gasteiger partial charge in [0.15, 0.2) is 5.96 Å². The lowest BCUT2D eigenvalue weighted by molar-refractivity contribution is -0.146. The van der Waals surface area contributed by atoms with Gasteiger partial charge >= 0.3 is 5.97 Å². The van der Waals surface area contributed by atoms with Crippen LogP contribution in [0.3, 0.4) is 0 Å². The number of hydrogen-bond donors (Lipinski definition) is 2. The summed E-state index contributed by atoms with van der Waals surface area (Å²) in [6.07, 6.45) is 6.07. The zero-order valence-corrected chi connectivity index (χ0v) is 19.2. The zero-order valence-electron chi connectivity index (χ0n) is 16.9. The van der Waals surface area contributed by atoms with Crippen molar-refractivity contribution in [2.45, 2.75) is 52.0 Å². The molecule has 0 amide bonds. The summed E-state index contributed by atoms with van der Waals surface area (Å²) >= 11 is 0.